The molecular formula is C16H27N5. The van der Waals surface area contributed by atoms with E-state index in [9.17, 15) is 0 Å². The molecule has 0 spiro atoms. The van der Waals surface area contributed by atoms with Crippen molar-refractivity contribution in [3.8, 4) is 0 Å². The van der Waals surface area contributed by atoms with E-state index >= 15 is 0 Å². The van der Waals surface area contributed by atoms with Gasteiger partial charge in [0.2, 0.25) is 0 Å². The normalized spacial score (nSPS) is 13.3. The van der Waals surface area contributed by atoms with Crippen LogP contribution in [0.25, 0.3) is 11.0 Å². The zero-order valence-corrected chi connectivity index (χ0v) is 14.1. The molecule has 0 amide bonds. The minimum absolute atomic E-state index is 0.590. The van der Waals surface area contributed by atoms with E-state index in [-0.39, 0.29) is 0 Å². The van der Waals surface area contributed by atoms with Crippen molar-refractivity contribution in [3.05, 3.63) is 17.1 Å². The number of nitrogen functional groups attached to an aromatic ring is 1. The molecule has 0 aliphatic heterocycles. The Morgan fingerprint density at radius 1 is 1.24 bits per heavy atom. The van der Waals surface area contributed by atoms with Gasteiger partial charge in [-0.1, -0.05) is 6.92 Å². The average Bonchev–Trinajstić information content (AvgIpc) is 2.67. The molecule has 2 heterocycles. The Morgan fingerprint density at radius 2 is 1.90 bits per heavy atom. The molecule has 0 aromatic carbocycles. The molecule has 1 unspecified atom stereocenters. The second kappa shape index (κ2) is 6.02. The van der Waals surface area contributed by atoms with Crippen LogP contribution < -0.4 is 5.73 Å². The Kier molecular flexibility index (Phi) is 4.52. The van der Waals surface area contributed by atoms with Crippen LogP contribution in [0, 0.1) is 20.8 Å². The van der Waals surface area contributed by atoms with Crippen molar-refractivity contribution in [1.29, 1.82) is 0 Å². The number of fused-ring (bicyclic) bond motifs is 1. The van der Waals surface area contributed by atoms with E-state index in [1.54, 1.807) is 0 Å². The summed E-state index contributed by atoms with van der Waals surface area (Å²) in [4.78, 5) is 11.3. The maximum atomic E-state index is 6.09. The van der Waals surface area contributed by atoms with Crippen LogP contribution in [0.1, 0.15) is 37.4 Å². The second-order valence-corrected chi connectivity index (χ2v) is 5.95. The summed E-state index contributed by atoms with van der Waals surface area (Å²) in [6.07, 6.45) is 1.16. The van der Waals surface area contributed by atoms with Crippen LogP contribution in [0.5, 0.6) is 0 Å². The van der Waals surface area contributed by atoms with Crippen LogP contribution in [0.3, 0.4) is 0 Å². The zero-order chi connectivity index (χ0) is 15.7. The minimum atomic E-state index is 0.590. The molecule has 0 fully saturated rings. The first-order valence-electron chi connectivity index (χ1n) is 7.66. The van der Waals surface area contributed by atoms with Gasteiger partial charge in [-0.15, -0.1) is 0 Å². The standard InChI is InChI=1S/C16H27N5/c1-7-10(2)20(6)8-9-21-12(4)11(3)14-15(17)18-13(5)19-16(14)21/h10H,7-9H2,1-6H3,(H2,17,18,19). The smallest absolute Gasteiger partial charge is 0.146 e. The molecule has 0 aliphatic rings. The first kappa shape index (κ1) is 15.8. The van der Waals surface area contributed by atoms with Gasteiger partial charge in [0.05, 0.1) is 5.39 Å². The highest BCUT2D eigenvalue weighted by Crippen LogP contribution is 2.27. The highest BCUT2D eigenvalue weighted by Gasteiger charge is 2.17. The van der Waals surface area contributed by atoms with Crippen LogP contribution in [-0.4, -0.2) is 39.1 Å². The second-order valence-electron chi connectivity index (χ2n) is 5.95. The van der Waals surface area contributed by atoms with Gasteiger partial charge in [0, 0.05) is 24.8 Å². The topological polar surface area (TPSA) is 60.0 Å². The predicted molar refractivity (Wildman–Crippen MR) is 88.5 cm³/mol. The van der Waals surface area contributed by atoms with Crippen LogP contribution in [-0.2, 0) is 6.54 Å². The van der Waals surface area contributed by atoms with E-state index in [4.69, 9.17) is 5.73 Å². The van der Waals surface area contributed by atoms with Crippen LogP contribution in [0.2, 0.25) is 0 Å². The number of nitrogens with zero attached hydrogens (tertiary/aromatic N) is 4. The van der Waals surface area contributed by atoms with Gasteiger partial charge >= 0.3 is 0 Å². The summed E-state index contributed by atoms with van der Waals surface area (Å²) < 4.78 is 2.27. The van der Waals surface area contributed by atoms with Crippen molar-refractivity contribution in [3.63, 3.8) is 0 Å². The summed E-state index contributed by atoms with van der Waals surface area (Å²) in [5.41, 5.74) is 9.48. The molecule has 2 N–H and O–H groups in total. The van der Waals surface area contributed by atoms with Crippen molar-refractivity contribution in [1.82, 2.24) is 19.4 Å². The number of nitrogens with two attached hydrogens (primary N) is 1. The number of hydrogen-bond donors (Lipinski definition) is 1. The molecule has 0 radical (unpaired) electrons. The van der Waals surface area contributed by atoms with Gasteiger partial charge in [0.25, 0.3) is 0 Å². The van der Waals surface area contributed by atoms with Crippen LogP contribution in [0.15, 0.2) is 0 Å². The van der Waals surface area contributed by atoms with E-state index in [2.05, 4.69) is 54.2 Å². The lowest BCUT2D eigenvalue weighted by molar-refractivity contribution is 0.243. The number of aryl methyl sites for hydroxylation is 2. The fourth-order valence-corrected chi connectivity index (χ4v) is 2.74. The molecule has 0 bridgehead atoms. The highest BCUT2D eigenvalue weighted by molar-refractivity contribution is 5.91. The molecule has 2 aromatic rings. The highest BCUT2D eigenvalue weighted by atomic mass is 15.2. The number of aromatic nitrogens is 3. The van der Waals surface area contributed by atoms with Gasteiger partial charge in [-0.05, 0) is 46.7 Å². The fraction of sp³-hybridized carbons (Fsp3) is 0.625. The van der Waals surface area contributed by atoms with Crippen LogP contribution in [0.4, 0.5) is 5.82 Å². The lowest BCUT2D eigenvalue weighted by atomic mass is 10.2. The fourth-order valence-electron chi connectivity index (χ4n) is 2.74. The van der Waals surface area contributed by atoms with Gasteiger partial charge < -0.3 is 15.2 Å². The minimum Gasteiger partial charge on any atom is -0.383 e. The summed E-state index contributed by atoms with van der Waals surface area (Å²) in [6.45, 7) is 12.5. The van der Waals surface area contributed by atoms with E-state index in [1.165, 1.54) is 11.3 Å². The Morgan fingerprint density at radius 3 is 2.52 bits per heavy atom. The molecule has 2 aromatic heterocycles. The van der Waals surface area contributed by atoms with Gasteiger partial charge in [0.1, 0.15) is 17.3 Å². The first-order valence-corrected chi connectivity index (χ1v) is 7.66. The Hall–Kier alpha value is -1.62. The quantitative estimate of drug-likeness (QED) is 0.919. The maximum absolute atomic E-state index is 6.09. The van der Waals surface area contributed by atoms with Crippen molar-refractivity contribution in [2.24, 2.45) is 0 Å². The summed E-state index contributed by atoms with van der Waals surface area (Å²) in [5.74, 6) is 1.32. The Balaban J connectivity index is 2.38. The molecule has 116 valence electrons. The van der Waals surface area contributed by atoms with E-state index < -0.39 is 0 Å². The lowest BCUT2D eigenvalue weighted by Crippen LogP contribution is -2.31. The van der Waals surface area contributed by atoms with E-state index in [0.29, 0.717) is 11.9 Å². The number of likely N-dealkylation sites (N-methyl/N-ethyl adjacent to an activating group) is 1. The summed E-state index contributed by atoms with van der Waals surface area (Å²) in [5, 5.41) is 1.00. The SMILES string of the molecule is CCC(C)N(C)CCn1c(C)c(C)c2c(N)nc(C)nc21. The van der Waals surface area contributed by atoms with Crippen molar-refractivity contribution in [2.75, 3.05) is 19.3 Å². The molecule has 1 atom stereocenters. The van der Waals surface area contributed by atoms with Gasteiger partial charge in [0.15, 0.2) is 0 Å². The molecule has 5 nitrogen and oxygen atoms in total. The number of rotatable bonds is 5. The summed E-state index contributed by atoms with van der Waals surface area (Å²) in [7, 11) is 2.18. The molecule has 5 heteroatoms. The molecule has 21 heavy (non-hydrogen) atoms. The number of hydrogen-bond acceptors (Lipinski definition) is 4. The van der Waals surface area contributed by atoms with E-state index in [0.717, 1.165) is 36.4 Å². The predicted octanol–water partition coefficient (Wildman–Crippen LogP) is 2.67. The third-order valence-corrected chi connectivity index (χ3v) is 4.63. The van der Waals surface area contributed by atoms with Gasteiger partial charge in [-0.2, -0.15) is 0 Å². The third-order valence-electron chi connectivity index (χ3n) is 4.63. The molecular weight excluding hydrogens is 262 g/mol. The Labute approximate surface area is 127 Å². The first-order chi connectivity index (χ1) is 9.86. The molecule has 0 aliphatic carbocycles. The average molecular weight is 289 g/mol. The lowest BCUT2D eigenvalue weighted by Gasteiger charge is -2.24. The zero-order valence-electron chi connectivity index (χ0n) is 14.1. The molecule has 2 rings (SSSR count). The molecule has 0 saturated heterocycles. The summed E-state index contributed by atoms with van der Waals surface area (Å²) in [6, 6.07) is 0.592. The maximum Gasteiger partial charge on any atom is 0.146 e. The largest absolute Gasteiger partial charge is 0.383 e. The summed E-state index contributed by atoms with van der Waals surface area (Å²) >= 11 is 0. The van der Waals surface area contributed by atoms with E-state index in [1.807, 2.05) is 6.92 Å². The van der Waals surface area contributed by atoms with Gasteiger partial charge in [-0.25, -0.2) is 9.97 Å². The monoisotopic (exact) mass is 289 g/mol. The van der Waals surface area contributed by atoms with Crippen LogP contribution >= 0.6 is 0 Å². The van der Waals surface area contributed by atoms with Crippen molar-refractivity contribution < 1.29 is 0 Å². The van der Waals surface area contributed by atoms with Crippen molar-refractivity contribution >= 4 is 16.9 Å². The van der Waals surface area contributed by atoms with Crippen molar-refractivity contribution in [2.45, 2.75) is 53.6 Å². The van der Waals surface area contributed by atoms with Gasteiger partial charge in [-0.3, -0.25) is 0 Å². The number of anilines is 1. The molecule has 0 saturated carbocycles. The Bertz CT molecular complexity index is 644. The third kappa shape index (κ3) is 2.88.